The molecule has 1 fully saturated rings. The van der Waals surface area contributed by atoms with Gasteiger partial charge >= 0.3 is 0 Å². The fraction of sp³-hybridized carbons (Fsp3) is 0.643. The van der Waals surface area contributed by atoms with E-state index in [1.54, 1.807) is 6.33 Å². The predicted molar refractivity (Wildman–Crippen MR) is 79.1 cm³/mol. The molecule has 0 spiro atoms. The molecule has 0 radical (unpaired) electrons. The first-order valence-electron chi connectivity index (χ1n) is 7.30. The van der Waals surface area contributed by atoms with Crippen LogP contribution in [-0.2, 0) is 6.42 Å². The molecular formula is C14H22N6. The number of hydrogen-bond acceptors (Lipinski definition) is 5. The van der Waals surface area contributed by atoms with E-state index in [-0.39, 0.29) is 0 Å². The summed E-state index contributed by atoms with van der Waals surface area (Å²) in [5.41, 5.74) is 1.08. The van der Waals surface area contributed by atoms with Gasteiger partial charge in [0, 0.05) is 30.9 Å². The molecule has 6 heteroatoms. The summed E-state index contributed by atoms with van der Waals surface area (Å²) in [5, 5.41) is 4.33. The molecule has 1 aliphatic heterocycles. The van der Waals surface area contributed by atoms with Crippen LogP contribution in [0.2, 0.25) is 0 Å². The highest BCUT2D eigenvalue weighted by Crippen LogP contribution is 2.22. The number of anilines is 1. The van der Waals surface area contributed by atoms with Crippen molar-refractivity contribution in [2.45, 2.75) is 32.2 Å². The van der Waals surface area contributed by atoms with E-state index in [2.05, 4.69) is 52.0 Å². The summed E-state index contributed by atoms with van der Waals surface area (Å²) in [6.45, 7) is 4.24. The topological polar surface area (TPSA) is 49.6 Å². The molecule has 108 valence electrons. The normalized spacial score (nSPS) is 20.0. The van der Waals surface area contributed by atoms with Crippen LogP contribution in [0.4, 0.5) is 5.82 Å². The minimum Gasteiger partial charge on any atom is -0.355 e. The second-order valence-electron chi connectivity index (χ2n) is 5.64. The van der Waals surface area contributed by atoms with E-state index >= 15 is 0 Å². The molecule has 1 unspecified atom stereocenters. The van der Waals surface area contributed by atoms with Crippen LogP contribution in [0.5, 0.6) is 0 Å². The predicted octanol–water partition coefficient (Wildman–Crippen LogP) is 1.22. The van der Waals surface area contributed by atoms with Crippen molar-refractivity contribution in [2.24, 2.45) is 0 Å². The molecule has 0 saturated carbocycles. The van der Waals surface area contributed by atoms with Gasteiger partial charge in [0.1, 0.15) is 12.1 Å². The largest absolute Gasteiger partial charge is 0.355 e. The van der Waals surface area contributed by atoms with Crippen LogP contribution in [0, 0.1) is 0 Å². The van der Waals surface area contributed by atoms with Crippen LogP contribution in [0.15, 0.2) is 12.4 Å². The Hall–Kier alpha value is -1.69. The van der Waals surface area contributed by atoms with Crippen LogP contribution in [0.3, 0.4) is 0 Å². The van der Waals surface area contributed by atoms with Crippen LogP contribution < -0.4 is 4.90 Å². The zero-order valence-corrected chi connectivity index (χ0v) is 12.5. The molecule has 1 atom stereocenters. The molecule has 1 saturated heterocycles. The summed E-state index contributed by atoms with van der Waals surface area (Å²) >= 11 is 0. The molecule has 2 aromatic heterocycles. The SMILES string of the molecule is CCc1cc(N2CCCC(N(C)C)C2)n2ncnc2n1. The quantitative estimate of drug-likeness (QED) is 0.842. The van der Waals surface area contributed by atoms with Crippen molar-refractivity contribution in [1.82, 2.24) is 24.5 Å². The molecule has 2 aromatic rings. The fourth-order valence-corrected chi connectivity index (χ4v) is 2.83. The maximum atomic E-state index is 4.52. The Balaban J connectivity index is 1.98. The van der Waals surface area contributed by atoms with Gasteiger partial charge in [-0.1, -0.05) is 6.92 Å². The number of aromatic nitrogens is 4. The van der Waals surface area contributed by atoms with Crippen molar-refractivity contribution >= 4 is 11.6 Å². The summed E-state index contributed by atoms with van der Waals surface area (Å²) < 4.78 is 1.86. The Morgan fingerprint density at radius 2 is 2.25 bits per heavy atom. The van der Waals surface area contributed by atoms with Crippen molar-refractivity contribution in [3.05, 3.63) is 18.1 Å². The number of hydrogen-bond donors (Lipinski definition) is 0. The molecule has 20 heavy (non-hydrogen) atoms. The number of likely N-dealkylation sites (N-methyl/N-ethyl adjacent to an activating group) is 1. The Labute approximate surface area is 119 Å². The first kappa shape index (κ1) is 13.3. The smallest absolute Gasteiger partial charge is 0.254 e. The second kappa shape index (κ2) is 5.36. The molecule has 3 heterocycles. The van der Waals surface area contributed by atoms with Gasteiger partial charge in [0.25, 0.3) is 5.78 Å². The summed E-state index contributed by atoms with van der Waals surface area (Å²) in [5.74, 6) is 1.82. The summed E-state index contributed by atoms with van der Waals surface area (Å²) in [4.78, 5) is 13.5. The number of piperidine rings is 1. The van der Waals surface area contributed by atoms with E-state index in [9.17, 15) is 0 Å². The number of nitrogens with zero attached hydrogens (tertiary/aromatic N) is 6. The number of rotatable bonds is 3. The van der Waals surface area contributed by atoms with Crippen molar-refractivity contribution in [3.8, 4) is 0 Å². The van der Waals surface area contributed by atoms with E-state index in [1.165, 1.54) is 12.8 Å². The summed E-state index contributed by atoms with van der Waals surface area (Å²) in [7, 11) is 4.31. The Morgan fingerprint density at radius 3 is 3.00 bits per heavy atom. The first-order valence-corrected chi connectivity index (χ1v) is 7.30. The molecule has 0 bridgehead atoms. The van der Waals surface area contributed by atoms with Gasteiger partial charge in [-0.25, -0.2) is 4.98 Å². The third kappa shape index (κ3) is 2.35. The minimum atomic E-state index is 0.598. The minimum absolute atomic E-state index is 0.598. The molecular weight excluding hydrogens is 252 g/mol. The molecule has 0 aliphatic carbocycles. The number of aryl methyl sites for hydroxylation is 1. The first-order chi connectivity index (χ1) is 9.69. The van der Waals surface area contributed by atoms with Crippen molar-refractivity contribution < 1.29 is 0 Å². The van der Waals surface area contributed by atoms with Gasteiger partial charge in [0.2, 0.25) is 0 Å². The van der Waals surface area contributed by atoms with E-state index in [0.29, 0.717) is 11.8 Å². The number of fused-ring (bicyclic) bond motifs is 1. The van der Waals surface area contributed by atoms with Crippen LogP contribution in [0.25, 0.3) is 5.78 Å². The van der Waals surface area contributed by atoms with E-state index < -0.39 is 0 Å². The van der Waals surface area contributed by atoms with Gasteiger partial charge in [0.15, 0.2) is 0 Å². The van der Waals surface area contributed by atoms with Crippen molar-refractivity contribution in [2.75, 3.05) is 32.1 Å². The summed E-state index contributed by atoms with van der Waals surface area (Å²) in [6, 6.07) is 2.75. The molecule has 6 nitrogen and oxygen atoms in total. The zero-order chi connectivity index (χ0) is 14.1. The standard InChI is InChI=1S/C14H22N6/c1-4-11-8-13(20-14(17-11)15-10-16-20)19-7-5-6-12(9-19)18(2)3/h8,10,12H,4-7,9H2,1-3H3. The Kier molecular flexibility index (Phi) is 3.56. The van der Waals surface area contributed by atoms with Gasteiger partial charge in [-0.15, -0.1) is 0 Å². The third-order valence-corrected chi connectivity index (χ3v) is 4.10. The summed E-state index contributed by atoms with van der Waals surface area (Å²) in [6.07, 6.45) is 4.97. The lowest BCUT2D eigenvalue weighted by Crippen LogP contribution is -2.45. The van der Waals surface area contributed by atoms with Crippen molar-refractivity contribution in [3.63, 3.8) is 0 Å². The Morgan fingerprint density at radius 1 is 1.40 bits per heavy atom. The maximum absolute atomic E-state index is 4.52. The third-order valence-electron chi connectivity index (χ3n) is 4.10. The monoisotopic (exact) mass is 274 g/mol. The average molecular weight is 274 g/mol. The average Bonchev–Trinajstić information content (AvgIpc) is 2.94. The van der Waals surface area contributed by atoms with E-state index in [0.717, 1.165) is 31.0 Å². The van der Waals surface area contributed by atoms with E-state index in [1.807, 2.05) is 4.52 Å². The second-order valence-corrected chi connectivity index (χ2v) is 5.64. The fourth-order valence-electron chi connectivity index (χ4n) is 2.83. The molecule has 0 N–H and O–H groups in total. The highest BCUT2D eigenvalue weighted by molar-refractivity contribution is 5.47. The van der Waals surface area contributed by atoms with Gasteiger partial charge in [-0.05, 0) is 33.4 Å². The zero-order valence-electron chi connectivity index (χ0n) is 12.5. The molecule has 0 aromatic carbocycles. The Bertz CT molecular complexity index is 590. The lowest BCUT2D eigenvalue weighted by molar-refractivity contribution is 0.257. The van der Waals surface area contributed by atoms with Crippen molar-refractivity contribution in [1.29, 1.82) is 0 Å². The molecule has 1 aliphatic rings. The molecule has 3 rings (SSSR count). The van der Waals surface area contributed by atoms with Crippen LogP contribution in [-0.4, -0.2) is 57.7 Å². The van der Waals surface area contributed by atoms with Gasteiger partial charge < -0.3 is 9.80 Å². The lowest BCUT2D eigenvalue weighted by atomic mass is 10.0. The van der Waals surface area contributed by atoms with E-state index in [4.69, 9.17) is 0 Å². The highest BCUT2D eigenvalue weighted by Gasteiger charge is 2.23. The molecule has 0 amide bonds. The lowest BCUT2D eigenvalue weighted by Gasteiger charge is -2.37. The maximum Gasteiger partial charge on any atom is 0.254 e. The van der Waals surface area contributed by atoms with Crippen LogP contribution in [0.1, 0.15) is 25.5 Å². The highest BCUT2D eigenvalue weighted by atomic mass is 15.4. The van der Waals surface area contributed by atoms with Gasteiger partial charge in [-0.3, -0.25) is 0 Å². The van der Waals surface area contributed by atoms with Crippen LogP contribution >= 0.6 is 0 Å². The van der Waals surface area contributed by atoms with Gasteiger partial charge in [-0.2, -0.15) is 14.6 Å². The van der Waals surface area contributed by atoms with Gasteiger partial charge in [0.05, 0.1) is 0 Å².